The number of carbonyl (C=O) groups is 1. The molecule has 0 saturated carbocycles. The van der Waals surface area contributed by atoms with E-state index in [1.165, 1.54) is 11.3 Å². The Morgan fingerprint density at radius 1 is 1.17 bits per heavy atom. The monoisotopic (exact) mass is 512 g/mol. The van der Waals surface area contributed by atoms with E-state index in [4.69, 9.17) is 21.1 Å². The Labute approximate surface area is 213 Å². The number of halogens is 1. The van der Waals surface area contributed by atoms with Crippen molar-refractivity contribution in [2.24, 2.45) is 0 Å². The van der Waals surface area contributed by atoms with Crippen molar-refractivity contribution in [1.29, 1.82) is 0 Å². The Balaban J connectivity index is 1.60. The summed E-state index contributed by atoms with van der Waals surface area (Å²) in [4.78, 5) is 29.2. The zero-order chi connectivity index (χ0) is 25.3. The predicted molar refractivity (Wildman–Crippen MR) is 144 cm³/mol. The molecule has 4 rings (SSSR count). The molecule has 0 saturated heterocycles. The van der Waals surface area contributed by atoms with E-state index >= 15 is 0 Å². The van der Waals surface area contributed by atoms with Gasteiger partial charge in [0.25, 0.3) is 5.56 Å². The standard InChI is InChI=1S/C27H29ClN2O4S/c1-27(2,3)34-26(32)30(4)13-6-7-16-8-10-17(11-9-16)21-20(33-5)15-19(28)23-22(21)18-12-14-35-24(18)25(31)29-23/h8-12,14-15H,6-7,13H2,1-5H3,(H,29,31). The molecule has 0 aliphatic rings. The second kappa shape index (κ2) is 9.91. The van der Waals surface area contributed by atoms with E-state index in [2.05, 4.69) is 29.2 Å². The molecular weight excluding hydrogens is 484 g/mol. The molecule has 184 valence electrons. The van der Waals surface area contributed by atoms with Gasteiger partial charge in [-0.15, -0.1) is 11.3 Å². The van der Waals surface area contributed by atoms with Crippen LogP contribution in [0.15, 0.2) is 46.6 Å². The van der Waals surface area contributed by atoms with Crippen LogP contribution in [0, 0.1) is 0 Å². The highest BCUT2D eigenvalue weighted by Gasteiger charge is 2.20. The topological polar surface area (TPSA) is 71.6 Å². The van der Waals surface area contributed by atoms with Gasteiger partial charge in [0.15, 0.2) is 0 Å². The van der Waals surface area contributed by atoms with Crippen LogP contribution in [0.5, 0.6) is 5.75 Å². The van der Waals surface area contributed by atoms with Gasteiger partial charge >= 0.3 is 6.09 Å². The molecule has 0 atom stereocenters. The lowest BCUT2D eigenvalue weighted by Crippen LogP contribution is -2.34. The van der Waals surface area contributed by atoms with Gasteiger partial charge in [0.1, 0.15) is 16.1 Å². The fraction of sp³-hybridized carbons (Fsp3) is 0.333. The summed E-state index contributed by atoms with van der Waals surface area (Å²) in [6, 6.07) is 12.0. The number of aromatic amines is 1. The van der Waals surface area contributed by atoms with Crippen LogP contribution in [0.1, 0.15) is 32.8 Å². The lowest BCUT2D eigenvalue weighted by Gasteiger charge is -2.24. The number of hydrogen-bond acceptors (Lipinski definition) is 5. The molecular formula is C27H29ClN2O4S. The molecule has 8 heteroatoms. The highest BCUT2D eigenvalue weighted by molar-refractivity contribution is 7.17. The van der Waals surface area contributed by atoms with E-state index in [0.29, 0.717) is 27.5 Å². The summed E-state index contributed by atoms with van der Waals surface area (Å²) < 4.78 is 11.8. The van der Waals surface area contributed by atoms with Gasteiger partial charge in [-0.1, -0.05) is 35.9 Å². The third kappa shape index (κ3) is 5.31. The largest absolute Gasteiger partial charge is 0.496 e. The molecule has 6 nitrogen and oxygen atoms in total. The number of H-pyrrole nitrogens is 1. The van der Waals surface area contributed by atoms with Crippen molar-refractivity contribution in [3.05, 3.63) is 62.7 Å². The molecule has 2 aromatic carbocycles. The second-order valence-corrected chi connectivity index (χ2v) is 10.8. The number of nitrogens with zero attached hydrogens (tertiary/aromatic N) is 1. The molecule has 0 bridgehead atoms. The summed E-state index contributed by atoms with van der Waals surface area (Å²) >= 11 is 7.93. The number of hydrogen-bond donors (Lipinski definition) is 1. The van der Waals surface area contributed by atoms with Crippen molar-refractivity contribution < 1.29 is 14.3 Å². The van der Waals surface area contributed by atoms with E-state index in [-0.39, 0.29) is 11.7 Å². The number of rotatable bonds is 6. The number of carbonyl (C=O) groups excluding carboxylic acids is 1. The van der Waals surface area contributed by atoms with Crippen molar-refractivity contribution in [3.63, 3.8) is 0 Å². The Kier molecular flexibility index (Phi) is 7.10. The zero-order valence-corrected chi connectivity index (χ0v) is 22.1. The first-order chi connectivity index (χ1) is 16.6. The number of aromatic nitrogens is 1. The Hall–Kier alpha value is -3.03. The van der Waals surface area contributed by atoms with Crippen molar-refractivity contribution in [2.75, 3.05) is 20.7 Å². The van der Waals surface area contributed by atoms with Gasteiger partial charge in [0.05, 0.1) is 17.6 Å². The van der Waals surface area contributed by atoms with E-state index in [0.717, 1.165) is 40.3 Å². The predicted octanol–water partition coefficient (Wildman–Crippen LogP) is 6.87. The van der Waals surface area contributed by atoms with Gasteiger partial charge < -0.3 is 19.4 Å². The second-order valence-electron chi connectivity index (χ2n) is 9.51. The van der Waals surface area contributed by atoms with Gasteiger partial charge in [-0.2, -0.15) is 0 Å². The lowest BCUT2D eigenvalue weighted by atomic mass is 9.96. The average molecular weight is 513 g/mol. The molecule has 4 aromatic rings. The van der Waals surface area contributed by atoms with Crippen LogP contribution in [0.3, 0.4) is 0 Å². The Bertz CT molecular complexity index is 1430. The Morgan fingerprint density at radius 2 is 1.89 bits per heavy atom. The van der Waals surface area contributed by atoms with E-state index in [1.807, 2.05) is 32.2 Å². The number of fused-ring (bicyclic) bond motifs is 3. The first-order valence-electron chi connectivity index (χ1n) is 11.4. The maximum Gasteiger partial charge on any atom is 0.410 e. The van der Waals surface area contributed by atoms with Gasteiger partial charge in [-0.3, -0.25) is 4.79 Å². The molecule has 0 aliphatic heterocycles. The molecule has 2 heterocycles. The average Bonchev–Trinajstić information content (AvgIpc) is 3.30. The van der Waals surface area contributed by atoms with Gasteiger partial charge in [0.2, 0.25) is 0 Å². The minimum Gasteiger partial charge on any atom is -0.496 e. The number of aryl methyl sites for hydroxylation is 1. The number of ether oxygens (including phenoxy) is 2. The Morgan fingerprint density at radius 3 is 2.54 bits per heavy atom. The quantitative estimate of drug-likeness (QED) is 0.306. The maximum absolute atomic E-state index is 12.5. The molecule has 2 aromatic heterocycles. The van der Waals surface area contributed by atoms with Crippen LogP contribution in [0.4, 0.5) is 4.79 Å². The molecule has 0 aliphatic carbocycles. The fourth-order valence-electron chi connectivity index (χ4n) is 4.11. The number of benzene rings is 2. The van der Waals surface area contributed by atoms with E-state index < -0.39 is 5.60 Å². The fourth-order valence-corrected chi connectivity index (χ4v) is 5.14. The number of amides is 1. The molecule has 1 amide bonds. The smallest absolute Gasteiger partial charge is 0.410 e. The van der Waals surface area contributed by atoms with Crippen LogP contribution in [0.2, 0.25) is 5.02 Å². The summed E-state index contributed by atoms with van der Waals surface area (Å²) in [6.45, 7) is 6.19. The van der Waals surface area contributed by atoms with Crippen molar-refractivity contribution in [3.8, 4) is 16.9 Å². The summed E-state index contributed by atoms with van der Waals surface area (Å²) in [5.74, 6) is 0.647. The molecule has 35 heavy (non-hydrogen) atoms. The molecule has 0 fully saturated rings. The van der Waals surface area contributed by atoms with Crippen LogP contribution in [-0.2, 0) is 11.2 Å². The van der Waals surface area contributed by atoms with E-state index in [1.54, 1.807) is 25.1 Å². The van der Waals surface area contributed by atoms with Gasteiger partial charge in [0, 0.05) is 36.0 Å². The summed E-state index contributed by atoms with van der Waals surface area (Å²) in [5, 5.41) is 4.08. The van der Waals surface area contributed by atoms with Crippen LogP contribution in [0.25, 0.3) is 32.1 Å². The SMILES string of the molecule is COc1cc(Cl)c2[nH]c(=O)c3sccc3c2c1-c1ccc(CCCN(C)C(=O)OC(C)(C)C)cc1. The number of thiophene rings is 1. The first kappa shape index (κ1) is 25.1. The van der Waals surface area contributed by atoms with Gasteiger partial charge in [-0.25, -0.2) is 4.79 Å². The van der Waals surface area contributed by atoms with E-state index in [9.17, 15) is 9.59 Å². The van der Waals surface area contributed by atoms with Crippen molar-refractivity contribution >= 4 is 50.0 Å². The normalized spacial score (nSPS) is 11.7. The van der Waals surface area contributed by atoms with Gasteiger partial charge in [-0.05, 0) is 56.2 Å². The third-order valence-electron chi connectivity index (χ3n) is 5.75. The molecule has 1 N–H and O–H groups in total. The summed E-state index contributed by atoms with van der Waals surface area (Å²) in [6.07, 6.45) is 1.33. The van der Waals surface area contributed by atoms with Crippen LogP contribution in [-0.4, -0.2) is 42.3 Å². The number of pyridine rings is 1. The van der Waals surface area contributed by atoms with Crippen molar-refractivity contribution in [1.82, 2.24) is 9.88 Å². The molecule has 0 spiro atoms. The van der Waals surface area contributed by atoms with Crippen LogP contribution < -0.4 is 10.3 Å². The minimum absolute atomic E-state index is 0.146. The minimum atomic E-state index is -0.504. The summed E-state index contributed by atoms with van der Waals surface area (Å²) in [5.41, 5.74) is 2.98. The third-order valence-corrected chi connectivity index (χ3v) is 6.96. The molecule has 0 radical (unpaired) electrons. The zero-order valence-electron chi connectivity index (χ0n) is 20.5. The lowest BCUT2D eigenvalue weighted by molar-refractivity contribution is 0.0297. The summed E-state index contributed by atoms with van der Waals surface area (Å²) in [7, 11) is 3.37. The van der Waals surface area contributed by atoms with Crippen molar-refractivity contribution in [2.45, 2.75) is 39.2 Å². The highest BCUT2D eigenvalue weighted by Crippen LogP contribution is 2.43. The highest BCUT2D eigenvalue weighted by atomic mass is 35.5. The maximum atomic E-state index is 12.5. The first-order valence-corrected chi connectivity index (χ1v) is 12.7. The number of methoxy groups -OCH3 is 1. The van der Waals surface area contributed by atoms with Crippen LogP contribution >= 0.6 is 22.9 Å². The number of nitrogens with one attached hydrogen (secondary N) is 1. The molecule has 0 unspecified atom stereocenters.